The standard InChI is InChI=1S/C16H18N2O5/c1-4-22-16(21)14-9(2)13(10(3)18-14)15(20)23-8-12(19)11-6-5-7-17-11/h5-7,17-18H,4,8H2,1-3H3. The van der Waals surface area contributed by atoms with Gasteiger partial charge in [0, 0.05) is 11.9 Å². The molecule has 0 saturated heterocycles. The zero-order chi connectivity index (χ0) is 17.0. The van der Waals surface area contributed by atoms with Crippen LogP contribution in [0.2, 0.25) is 0 Å². The van der Waals surface area contributed by atoms with E-state index in [9.17, 15) is 14.4 Å². The van der Waals surface area contributed by atoms with Gasteiger partial charge in [-0.15, -0.1) is 0 Å². The van der Waals surface area contributed by atoms with Crippen molar-refractivity contribution in [2.75, 3.05) is 13.2 Å². The summed E-state index contributed by atoms with van der Waals surface area (Å²) in [5.74, 6) is -1.53. The Hall–Kier alpha value is -2.83. The van der Waals surface area contributed by atoms with E-state index in [2.05, 4.69) is 9.97 Å². The van der Waals surface area contributed by atoms with Crippen molar-refractivity contribution < 1.29 is 23.9 Å². The molecule has 2 rings (SSSR count). The lowest BCUT2D eigenvalue weighted by molar-refractivity contribution is 0.0472. The highest BCUT2D eigenvalue weighted by molar-refractivity contribution is 6.01. The molecule has 2 aromatic rings. The topological polar surface area (TPSA) is 101 Å². The molecule has 122 valence electrons. The fourth-order valence-electron chi connectivity index (χ4n) is 2.25. The van der Waals surface area contributed by atoms with Gasteiger partial charge in [-0.05, 0) is 38.5 Å². The van der Waals surface area contributed by atoms with Crippen LogP contribution in [0.3, 0.4) is 0 Å². The highest BCUT2D eigenvalue weighted by Crippen LogP contribution is 2.20. The van der Waals surface area contributed by atoms with Crippen molar-refractivity contribution in [3.05, 3.63) is 46.5 Å². The Morgan fingerprint density at radius 2 is 1.87 bits per heavy atom. The maximum absolute atomic E-state index is 12.2. The van der Waals surface area contributed by atoms with Crippen LogP contribution in [0, 0.1) is 13.8 Å². The Balaban J connectivity index is 2.10. The summed E-state index contributed by atoms with van der Waals surface area (Å²) in [6, 6.07) is 3.28. The summed E-state index contributed by atoms with van der Waals surface area (Å²) in [5.41, 5.74) is 1.76. The first-order valence-corrected chi connectivity index (χ1v) is 7.15. The van der Waals surface area contributed by atoms with Gasteiger partial charge in [-0.2, -0.15) is 0 Å². The van der Waals surface area contributed by atoms with E-state index < -0.39 is 11.9 Å². The monoisotopic (exact) mass is 318 g/mol. The number of nitrogens with one attached hydrogen (secondary N) is 2. The molecule has 0 aliphatic rings. The van der Waals surface area contributed by atoms with Crippen LogP contribution < -0.4 is 0 Å². The van der Waals surface area contributed by atoms with Gasteiger partial charge in [0.1, 0.15) is 5.69 Å². The van der Waals surface area contributed by atoms with Crippen molar-refractivity contribution in [3.8, 4) is 0 Å². The van der Waals surface area contributed by atoms with Gasteiger partial charge in [0.05, 0.1) is 17.9 Å². The number of esters is 2. The van der Waals surface area contributed by atoms with Crippen molar-refractivity contribution in [2.45, 2.75) is 20.8 Å². The van der Waals surface area contributed by atoms with Gasteiger partial charge in [-0.1, -0.05) is 0 Å². The van der Waals surface area contributed by atoms with Crippen molar-refractivity contribution in [1.82, 2.24) is 9.97 Å². The SMILES string of the molecule is CCOC(=O)c1[nH]c(C)c(C(=O)OCC(=O)c2ccc[nH]2)c1C. The number of ether oxygens (including phenoxy) is 2. The smallest absolute Gasteiger partial charge is 0.355 e. The molecule has 0 spiro atoms. The number of carbonyl (C=O) groups is 3. The Morgan fingerprint density at radius 1 is 1.13 bits per heavy atom. The summed E-state index contributed by atoms with van der Waals surface area (Å²) in [6.07, 6.45) is 1.61. The lowest BCUT2D eigenvalue weighted by Gasteiger charge is -2.04. The normalized spacial score (nSPS) is 10.4. The van der Waals surface area contributed by atoms with Gasteiger partial charge >= 0.3 is 11.9 Å². The predicted molar refractivity (Wildman–Crippen MR) is 81.6 cm³/mol. The van der Waals surface area contributed by atoms with Crippen molar-refractivity contribution in [1.29, 1.82) is 0 Å². The van der Waals surface area contributed by atoms with Gasteiger partial charge in [0.15, 0.2) is 6.61 Å². The number of H-pyrrole nitrogens is 2. The first-order valence-electron chi connectivity index (χ1n) is 7.15. The van der Waals surface area contributed by atoms with Crippen LogP contribution in [0.15, 0.2) is 18.3 Å². The molecule has 0 radical (unpaired) electrons. The van der Waals surface area contributed by atoms with E-state index in [-0.39, 0.29) is 30.3 Å². The zero-order valence-electron chi connectivity index (χ0n) is 13.2. The molecule has 0 aliphatic heterocycles. The first kappa shape index (κ1) is 16.5. The van der Waals surface area contributed by atoms with Crippen molar-refractivity contribution >= 4 is 17.7 Å². The summed E-state index contributed by atoms with van der Waals surface area (Å²) in [7, 11) is 0. The molecule has 2 N–H and O–H groups in total. The van der Waals surface area contributed by atoms with Crippen LogP contribution in [-0.4, -0.2) is 40.9 Å². The van der Waals surface area contributed by atoms with E-state index in [0.717, 1.165) is 0 Å². The van der Waals surface area contributed by atoms with E-state index in [1.165, 1.54) is 0 Å². The summed E-state index contributed by atoms with van der Waals surface area (Å²) >= 11 is 0. The van der Waals surface area contributed by atoms with Gasteiger partial charge < -0.3 is 19.4 Å². The largest absolute Gasteiger partial charge is 0.461 e. The van der Waals surface area contributed by atoms with E-state index in [0.29, 0.717) is 17.0 Å². The van der Waals surface area contributed by atoms with Crippen LogP contribution in [0.4, 0.5) is 0 Å². The van der Waals surface area contributed by atoms with E-state index in [1.807, 2.05) is 0 Å². The summed E-state index contributed by atoms with van der Waals surface area (Å²) in [4.78, 5) is 41.4. The Labute approximate surface area is 133 Å². The van der Waals surface area contributed by atoms with Crippen LogP contribution in [0.25, 0.3) is 0 Å². The van der Waals surface area contributed by atoms with Gasteiger partial charge in [0.25, 0.3) is 0 Å². The van der Waals surface area contributed by atoms with E-state index in [1.54, 1.807) is 39.1 Å². The molecule has 2 aromatic heterocycles. The molecular formula is C16H18N2O5. The minimum absolute atomic E-state index is 0.215. The average molecular weight is 318 g/mol. The number of Topliss-reactive ketones (excluding diaryl/α,β-unsaturated/α-hetero) is 1. The molecule has 0 unspecified atom stereocenters. The number of aromatic nitrogens is 2. The molecule has 23 heavy (non-hydrogen) atoms. The van der Waals surface area contributed by atoms with Gasteiger partial charge in [-0.3, -0.25) is 4.79 Å². The second kappa shape index (κ2) is 6.95. The molecule has 7 nitrogen and oxygen atoms in total. The van der Waals surface area contributed by atoms with Crippen LogP contribution in [-0.2, 0) is 9.47 Å². The number of hydrogen-bond acceptors (Lipinski definition) is 5. The molecule has 0 aliphatic carbocycles. The lowest BCUT2D eigenvalue weighted by Crippen LogP contribution is -2.15. The summed E-state index contributed by atoms with van der Waals surface area (Å²) in [5, 5.41) is 0. The quantitative estimate of drug-likeness (QED) is 0.628. The first-order chi connectivity index (χ1) is 11.0. The third-order valence-electron chi connectivity index (χ3n) is 3.35. The molecule has 0 atom stereocenters. The zero-order valence-corrected chi connectivity index (χ0v) is 13.2. The molecule has 2 heterocycles. The molecular weight excluding hydrogens is 300 g/mol. The molecule has 0 bridgehead atoms. The van der Waals surface area contributed by atoms with Crippen LogP contribution in [0.5, 0.6) is 0 Å². The number of hydrogen-bond donors (Lipinski definition) is 2. The predicted octanol–water partition coefficient (Wildman–Crippen LogP) is 2.18. The molecule has 0 amide bonds. The Kier molecular flexibility index (Phi) is 5.00. The fraction of sp³-hybridized carbons (Fsp3) is 0.312. The van der Waals surface area contributed by atoms with Gasteiger partial charge in [-0.25, -0.2) is 9.59 Å². The number of aryl methyl sites for hydroxylation is 1. The number of rotatable bonds is 6. The van der Waals surface area contributed by atoms with Gasteiger partial charge in [0.2, 0.25) is 5.78 Å². The van der Waals surface area contributed by atoms with Crippen LogP contribution >= 0.6 is 0 Å². The molecule has 7 heteroatoms. The van der Waals surface area contributed by atoms with Crippen molar-refractivity contribution in [3.63, 3.8) is 0 Å². The molecule has 0 aromatic carbocycles. The third kappa shape index (κ3) is 3.50. The van der Waals surface area contributed by atoms with Crippen LogP contribution in [0.1, 0.15) is 49.5 Å². The average Bonchev–Trinajstić information content (AvgIpc) is 3.13. The van der Waals surface area contributed by atoms with E-state index in [4.69, 9.17) is 9.47 Å². The minimum atomic E-state index is -0.660. The Morgan fingerprint density at radius 3 is 2.48 bits per heavy atom. The van der Waals surface area contributed by atoms with E-state index >= 15 is 0 Å². The lowest BCUT2D eigenvalue weighted by atomic mass is 10.1. The third-order valence-corrected chi connectivity index (χ3v) is 3.35. The highest BCUT2D eigenvalue weighted by atomic mass is 16.5. The number of aromatic amines is 2. The maximum atomic E-state index is 12.2. The fourth-order valence-corrected chi connectivity index (χ4v) is 2.25. The summed E-state index contributed by atoms with van der Waals surface area (Å²) < 4.78 is 9.97. The Bertz CT molecular complexity index is 728. The second-order valence-electron chi connectivity index (χ2n) is 4.93. The molecule has 0 fully saturated rings. The molecule has 0 saturated carbocycles. The van der Waals surface area contributed by atoms with Crippen molar-refractivity contribution in [2.24, 2.45) is 0 Å². The maximum Gasteiger partial charge on any atom is 0.355 e. The summed E-state index contributed by atoms with van der Waals surface area (Å²) in [6.45, 7) is 4.83. The number of ketones is 1. The number of carbonyl (C=O) groups excluding carboxylic acids is 3. The minimum Gasteiger partial charge on any atom is -0.461 e. The second-order valence-corrected chi connectivity index (χ2v) is 4.93. The highest BCUT2D eigenvalue weighted by Gasteiger charge is 2.24.